The number of ether oxygens (including phenoxy) is 1. The molecule has 0 aliphatic carbocycles. The maximum atomic E-state index is 10.3. The van der Waals surface area contributed by atoms with Crippen LogP contribution in [0.2, 0.25) is 0 Å². The zero-order chi connectivity index (χ0) is 12.2. The molecule has 1 saturated heterocycles. The maximum absolute atomic E-state index is 10.3. The summed E-state index contributed by atoms with van der Waals surface area (Å²) >= 11 is 0. The molecule has 2 unspecified atom stereocenters. The standard InChI is InChI=1S/C13H25NO2/c1-5-13(4,12(15)10-11(2)3)14-6-8-16-9-7-14/h12,15H,2,5-10H2,1,3-4H3. The average molecular weight is 227 g/mol. The SMILES string of the molecule is C=C(C)CC(O)C(C)(CC)N1CCOCC1. The van der Waals surface area contributed by atoms with Crippen LogP contribution < -0.4 is 0 Å². The van der Waals surface area contributed by atoms with Gasteiger partial charge in [0.25, 0.3) is 0 Å². The molecular weight excluding hydrogens is 202 g/mol. The van der Waals surface area contributed by atoms with Crippen molar-refractivity contribution in [2.45, 2.75) is 45.3 Å². The molecule has 0 aromatic carbocycles. The first kappa shape index (κ1) is 13.7. The molecule has 0 bridgehead atoms. The predicted octanol–water partition coefficient (Wildman–Crippen LogP) is 1.81. The van der Waals surface area contributed by atoms with E-state index in [9.17, 15) is 5.11 Å². The molecule has 2 atom stereocenters. The van der Waals surface area contributed by atoms with Gasteiger partial charge in [-0.15, -0.1) is 6.58 Å². The van der Waals surface area contributed by atoms with Crippen LogP contribution in [-0.4, -0.2) is 48.0 Å². The first-order chi connectivity index (χ1) is 7.50. The average Bonchev–Trinajstić information content (AvgIpc) is 2.28. The second kappa shape index (κ2) is 5.80. The van der Waals surface area contributed by atoms with Crippen LogP contribution >= 0.6 is 0 Å². The smallest absolute Gasteiger partial charge is 0.0757 e. The van der Waals surface area contributed by atoms with E-state index in [1.807, 2.05) is 6.92 Å². The molecule has 3 nitrogen and oxygen atoms in total. The first-order valence-electron chi connectivity index (χ1n) is 6.16. The van der Waals surface area contributed by atoms with Crippen LogP contribution in [0.15, 0.2) is 12.2 Å². The summed E-state index contributed by atoms with van der Waals surface area (Å²) in [7, 11) is 0. The molecule has 1 N–H and O–H groups in total. The summed E-state index contributed by atoms with van der Waals surface area (Å²) in [5.41, 5.74) is 0.892. The van der Waals surface area contributed by atoms with E-state index in [2.05, 4.69) is 25.3 Å². The Morgan fingerprint density at radius 2 is 2.06 bits per heavy atom. The molecule has 0 spiro atoms. The van der Waals surface area contributed by atoms with Gasteiger partial charge in [0.2, 0.25) is 0 Å². The molecule has 0 saturated carbocycles. The van der Waals surface area contributed by atoms with Gasteiger partial charge in [0.05, 0.1) is 19.3 Å². The highest BCUT2D eigenvalue weighted by atomic mass is 16.5. The number of aliphatic hydroxyl groups is 1. The van der Waals surface area contributed by atoms with Crippen LogP contribution in [-0.2, 0) is 4.74 Å². The molecule has 1 fully saturated rings. The van der Waals surface area contributed by atoms with Crippen molar-refractivity contribution in [2.75, 3.05) is 26.3 Å². The van der Waals surface area contributed by atoms with Gasteiger partial charge in [0.15, 0.2) is 0 Å². The van der Waals surface area contributed by atoms with Crippen LogP contribution in [0, 0.1) is 0 Å². The van der Waals surface area contributed by atoms with Gasteiger partial charge >= 0.3 is 0 Å². The molecule has 16 heavy (non-hydrogen) atoms. The second-order valence-electron chi connectivity index (χ2n) is 4.99. The van der Waals surface area contributed by atoms with Crippen molar-refractivity contribution in [3.63, 3.8) is 0 Å². The molecule has 0 amide bonds. The molecule has 3 heteroatoms. The zero-order valence-electron chi connectivity index (χ0n) is 10.8. The summed E-state index contributed by atoms with van der Waals surface area (Å²) in [5.74, 6) is 0. The highest BCUT2D eigenvalue weighted by molar-refractivity contribution is 5.00. The normalized spacial score (nSPS) is 23.8. The van der Waals surface area contributed by atoms with E-state index in [1.54, 1.807) is 0 Å². The Labute approximate surface area is 99.1 Å². The summed E-state index contributed by atoms with van der Waals surface area (Å²) in [5, 5.41) is 10.3. The fourth-order valence-corrected chi connectivity index (χ4v) is 2.29. The Morgan fingerprint density at radius 1 is 1.50 bits per heavy atom. The quantitative estimate of drug-likeness (QED) is 0.727. The monoisotopic (exact) mass is 227 g/mol. The highest BCUT2D eigenvalue weighted by Crippen LogP contribution is 2.28. The Balaban J connectivity index is 2.69. The molecule has 1 aliphatic heterocycles. The number of rotatable bonds is 5. The van der Waals surface area contributed by atoms with Crippen LogP contribution in [0.3, 0.4) is 0 Å². The number of hydrogen-bond donors (Lipinski definition) is 1. The van der Waals surface area contributed by atoms with E-state index in [-0.39, 0.29) is 11.6 Å². The topological polar surface area (TPSA) is 32.7 Å². The first-order valence-corrected chi connectivity index (χ1v) is 6.16. The Morgan fingerprint density at radius 3 is 2.50 bits per heavy atom. The second-order valence-corrected chi connectivity index (χ2v) is 4.99. The lowest BCUT2D eigenvalue weighted by atomic mass is 9.85. The van der Waals surface area contributed by atoms with Crippen LogP contribution in [0.4, 0.5) is 0 Å². The van der Waals surface area contributed by atoms with E-state index in [0.717, 1.165) is 38.3 Å². The van der Waals surface area contributed by atoms with Crippen molar-refractivity contribution in [1.82, 2.24) is 4.90 Å². The zero-order valence-corrected chi connectivity index (χ0v) is 10.8. The Bertz CT molecular complexity index is 236. The summed E-state index contributed by atoms with van der Waals surface area (Å²) in [4.78, 5) is 2.35. The number of aliphatic hydroxyl groups excluding tert-OH is 1. The van der Waals surface area contributed by atoms with Crippen molar-refractivity contribution in [1.29, 1.82) is 0 Å². The molecular formula is C13H25NO2. The maximum Gasteiger partial charge on any atom is 0.0757 e. The lowest BCUT2D eigenvalue weighted by Crippen LogP contribution is -2.57. The fraction of sp³-hybridized carbons (Fsp3) is 0.846. The summed E-state index contributed by atoms with van der Waals surface area (Å²) < 4.78 is 5.36. The minimum atomic E-state index is -0.340. The van der Waals surface area contributed by atoms with Crippen LogP contribution in [0.1, 0.15) is 33.6 Å². The van der Waals surface area contributed by atoms with Gasteiger partial charge in [0.1, 0.15) is 0 Å². The number of nitrogens with zero attached hydrogens (tertiary/aromatic N) is 1. The molecule has 1 aliphatic rings. The van der Waals surface area contributed by atoms with E-state index >= 15 is 0 Å². The van der Waals surface area contributed by atoms with Crippen molar-refractivity contribution in [2.24, 2.45) is 0 Å². The van der Waals surface area contributed by atoms with Gasteiger partial charge < -0.3 is 9.84 Å². The van der Waals surface area contributed by atoms with Crippen LogP contribution in [0.25, 0.3) is 0 Å². The number of morpholine rings is 1. The van der Waals surface area contributed by atoms with Gasteiger partial charge in [-0.25, -0.2) is 0 Å². The molecule has 0 radical (unpaired) electrons. The summed E-state index contributed by atoms with van der Waals surface area (Å²) in [6, 6.07) is 0. The predicted molar refractivity (Wildman–Crippen MR) is 66.5 cm³/mol. The van der Waals surface area contributed by atoms with Crippen molar-refractivity contribution in [3.05, 3.63) is 12.2 Å². The third-order valence-electron chi connectivity index (χ3n) is 3.71. The van der Waals surface area contributed by atoms with Crippen molar-refractivity contribution >= 4 is 0 Å². The van der Waals surface area contributed by atoms with E-state index in [0.29, 0.717) is 6.42 Å². The minimum absolute atomic E-state index is 0.150. The molecule has 1 heterocycles. The lowest BCUT2D eigenvalue weighted by Gasteiger charge is -2.46. The van der Waals surface area contributed by atoms with E-state index in [1.165, 1.54) is 0 Å². The number of hydrogen-bond acceptors (Lipinski definition) is 3. The van der Waals surface area contributed by atoms with Gasteiger partial charge in [-0.05, 0) is 26.7 Å². The largest absolute Gasteiger partial charge is 0.391 e. The summed E-state index contributed by atoms with van der Waals surface area (Å²) in [6.45, 7) is 13.5. The molecule has 1 rings (SSSR count). The Hall–Kier alpha value is -0.380. The highest BCUT2D eigenvalue weighted by Gasteiger charge is 2.37. The lowest BCUT2D eigenvalue weighted by molar-refractivity contribution is -0.0713. The summed E-state index contributed by atoms with van der Waals surface area (Å²) in [6.07, 6.45) is 1.29. The fourth-order valence-electron chi connectivity index (χ4n) is 2.29. The van der Waals surface area contributed by atoms with Gasteiger partial charge in [-0.1, -0.05) is 12.5 Å². The Kier molecular flexibility index (Phi) is 4.96. The van der Waals surface area contributed by atoms with E-state index < -0.39 is 0 Å². The molecule has 0 aromatic heterocycles. The molecule has 94 valence electrons. The third kappa shape index (κ3) is 3.06. The van der Waals surface area contributed by atoms with Gasteiger partial charge in [0, 0.05) is 18.6 Å². The third-order valence-corrected chi connectivity index (χ3v) is 3.71. The minimum Gasteiger partial charge on any atom is -0.391 e. The molecule has 0 aromatic rings. The van der Waals surface area contributed by atoms with Crippen LogP contribution in [0.5, 0.6) is 0 Å². The van der Waals surface area contributed by atoms with E-state index in [4.69, 9.17) is 4.74 Å². The van der Waals surface area contributed by atoms with Crippen molar-refractivity contribution in [3.8, 4) is 0 Å². The van der Waals surface area contributed by atoms with Gasteiger partial charge in [-0.3, -0.25) is 4.90 Å². The van der Waals surface area contributed by atoms with Crippen molar-refractivity contribution < 1.29 is 9.84 Å². The van der Waals surface area contributed by atoms with Gasteiger partial charge in [-0.2, -0.15) is 0 Å².